The van der Waals surface area contributed by atoms with Crippen LogP contribution >= 0.6 is 17.1 Å². The zero-order chi connectivity index (χ0) is 11.5. The monoisotopic (exact) mass is 269 g/mol. The van der Waals surface area contributed by atoms with Crippen LogP contribution in [0.15, 0.2) is 15.4 Å². The van der Waals surface area contributed by atoms with E-state index in [4.69, 9.17) is 14.3 Å². The number of aryl methyl sites for hydroxylation is 1. The van der Waals surface area contributed by atoms with Crippen molar-refractivity contribution in [3.63, 3.8) is 0 Å². The molecule has 0 saturated carbocycles. The third kappa shape index (κ3) is 4.53. The minimum atomic E-state index is -3.33. The zero-order valence-electron chi connectivity index (χ0n) is 8.12. The molecule has 0 aliphatic rings. The van der Waals surface area contributed by atoms with Gasteiger partial charge in [0.25, 0.3) is 5.56 Å². The lowest BCUT2D eigenvalue weighted by Crippen LogP contribution is -2.11. The first-order valence-corrected chi connectivity index (χ1v) is 8.62. The van der Waals surface area contributed by atoms with Crippen molar-refractivity contribution in [3.8, 4) is 0 Å². The molecule has 0 aromatic carbocycles. The second-order valence-corrected chi connectivity index (χ2v) is 8.94. The first kappa shape index (κ1) is 13.0. The summed E-state index contributed by atoms with van der Waals surface area (Å²) in [6.07, 6.45) is 1.58. The third-order valence-corrected chi connectivity index (χ3v) is 4.59. The number of hydrogen-bond acceptors (Lipinski definition) is 4. The lowest BCUT2D eigenvalue weighted by Gasteiger charge is -2.05. The molecule has 0 aliphatic heterocycles. The second-order valence-electron chi connectivity index (χ2n) is 2.92. The molecular weight excluding hydrogens is 257 g/mol. The lowest BCUT2D eigenvalue weighted by atomic mass is 10.3. The fourth-order valence-electron chi connectivity index (χ4n) is 1.00. The van der Waals surface area contributed by atoms with E-state index in [9.17, 15) is 4.79 Å². The van der Waals surface area contributed by atoms with Gasteiger partial charge < -0.3 is 14.3 Å². The van der Waals surface area contributed by atoms with Gasteiger partial charge in [-0.05, 0) is 29.6 Å². The summed E-state index contributed by atoms with van der Waals surface area (Å²) in [4.78, 5) is 29.2. The van der Waals surface area contributed by atoms with Crippen molar-refractivity contribution in [3.05, 3.63) is 22.2 Å². The topological polar surface area (TPSA) is 75.6 Å². The van der Waals surface area contributed by atoms with Gasteiger partial charge in [-0.2, -0.15) is 4.74 Å². The van der Waals surface area contributed by atoms with Crippen LogP contribution in [0.4, 0.5) is 0 Å². The molecule has 0 radical (unpaired) electrons. The van der Waals surface area contributed by atoms with Gasteiger partial charge in [0.1, 0.15) is 11.6 Å². The molecule has 15 heavy (non-hydrogen) atoms. The highest BCUT2D eigenvalue weighted by molar-refractivity contribution is 8.66. The molecule has 0 aliphatic carbocycles. The summed E-state index contributed by atoms with van der Waals surface area (Å²) in [5.41, 5.74) is -3.61. The molecule has 0 unspecified atom stereocenters. The Balaban J connectivity index is 2.69. The fourth-order valence-corrected chi connectivity index (χ4v) is 2.63. The van der Waals surface area contributed by atoms with E-state index in [0.717, 1.165) is 22.5 Å². The smallest absolute Gasteiger partial charge is 0.283 e. The van der Waals surface area contributed by atoms with Gasteiger partial charge in [0, 0.05) is 12.5 Å². The number of aromatic nitrogens is 1. The minimum Gasteiger partial charge on any atom is -0.380 e. The lowest BCUT2D eigenvalue weighted by molar-refractivity contribution is 0.271. The Kier molecular flexibility index (Phi) is 4.61. The molecule has 0 saturated heterocycles. The van der Waals surface area contributed by atoms with E-state index in [0.29, 0.717) is 12.2 Å². The Morgan fingerprint density at radius 3 is 2.87 bits per heavy atom. The molecule has 0 atom stereocenters. The average molecular weight is 269 g/mol. The maximum Gasteiger partial charge on any atom is 0.283 e. The van der Waals surface area contributed by atoms with Crippen LogP contribution in [0.3, 0.4) is 0 Å². The first-order chi connectivity index (χ1) is 6.92. The fraction of sp³-hybridized carbons (Fsp3) is 0.571. The van der Waals surface area contributed by atoms with E-state index in [2.05, 4.69) is 11.8 Å². The summed E-state index contributed by atoms with van der Waals surface area (Å²) in [6, 6.07) is 1.41. The van der Waals surface area contributed by atoms with Gasteiger partial charge in [-0.1, -0.05) is 6.92 Å². The molecular formula is C7H12NO4PS2. The van der Waals surface area contributed by atoms with Gasteiger partial charge in [-0.25, -0.2) is 0 Å². The van der Waals surface area contributed by atoms with Crippen LogP contribution in [0.5, 0.6) is 0 Å². The van der Waals surface area contributed by atoms with Gasteiger partial charge in [-0.15, -0.1) is 0 Å². The molecule has 1 aromatic heterocycles. The Labute approximate surface area is 96.0 Å². The van der Waals surface area contributed by atoms with Crippen molar-refractivity contribution >= 4 is 28.9 Å². The minimum absolute atomic E-state index is 0.0345. The van der Waals surface area contributed by atoms with Gasteiger partial charge in [0.2, 0.25) is 5.69 Å². The number of rotatable bonds is 5. The Morgan fingerprint density at radius 2 is 2.33 bits per heavy atom. The third-order valence-electron chi connectivity index (χ3n) is 1.60. The predicted octanol–water partition coefficient (Wildman–Crippen LogP) is 1.29. The Hall–Kier alpha value is -0.0700. The van der Waals surface area contributed by atoms with Crippen LogP contribution in [-0.4, -0.2) is 14.5 Å². The standard InChI is InChI=1S/C7H12NO4PS2/c1-2-3-6-4-7(9)8(12-6)5-15-13(10,11)14/h4H,2-3,5H2,1H3,(H2,10,11,14). The van der Waals surface area contributed by atoms with Crippen molar-refractivity contribution in [2.75, 3.05) is 0 Å². The van der Waals surface area contributed by atoms with Gasteiger partial charge >= 0.3 is 0 Å². The molecule has 1 aromatic rings. The molecule has 0 spiro atoms. The van der Waals surface area contributed by atoms with Crippen LogP contribution in [0.25, 0.3) is 0 Å². The second kappa shape index (κ2) is 5.32. The van der Waals surface area contributed by atoms with Crippen molar-refractivity contribution in [1.82, 2.24) is 4.74 Å². The van der Waals surface area contributed by atoms with Crippen molar-refractivity contribution in [2.45, 2.75) is 25.6 Å². The van der Waals surface area contributed by atoms with E-state index in [1.54, 1.807) is 0 Å². The van der Waals surface area contributed by atoms with Crippen LogP contribution in [0, 0.1) is 0 Å². The first-order valence-electron chi connectivity index (χ1n) is 4.32. The molecule has 0 fully saturated rings. The maximum atomic E-state index is 11.3. The molecule has 0 bridgehead atoms. The maximum absolute atomic E-state index is 11.3. The summed E-state index contributed by atoms with van der Waals surface area (Å²) in [5.74, 6) is 0.639. The highest BCUT2D eigenvalue weighted by atomic mass is 32.9. The summed E-state index contributed by atoms with van der Waals surface area (Å²) >= 11 is 5.15. The van der Waals surface area contributed by atoms with E-state index in [1.807, 2.05) is 6.92 Å². The van der Waals surface area contributed by atoms with Gasteiger partial charge in [0.15, 0.2) is 0 Å². The van der Waals surface area contributed by atoms with Crippen molar-refractivity contribution < 1.29 is 14.3 Å². The van der Waals surface area contributed by atoms with Crippen LogP contribution < -0.4 is 5.56 Å². The molecule has 5 nitrogen and oxygen atoms in total. The van der Waals surface area contributed by atoms with E-state index in [-0.39, 0.29) is 11.4 Å². The summed E-state index contributed by atoms with van der Waals surface area (Å²) < 4.78 is 6.26. The highest BCUT2D eigenvalue weighted by Crippen LogP contribution is 2.51. The van der Waals surface area contributed by atoms with Crippen LogP contribution in [0.1, 0.15) is 19.1 Å². The van der Waals surface area contributed by atoms with Gasteiger partial charge in [0.05, 0.1) is 0 Å². The molecule has 0 amide bonds. The number of hydrogen-bond donors (Lipinski definition) is 2. The van der Waals surface area contributed by atoms with E-state index >= 15 is 0 Å². The van der Waals surface area contributed by atoms with E-state index in [1.165, 1.54) is 6.07 Å². The predicted molar refractivity (Wildman–Crippen MR) is 63.3 cm³/mol. The SMILES string of the molecule is CCCc1cc(=O)n(CSP(O)(O)=S)o1. The summed E-state index contributed by atoms with van der Waals surface area (Å²) in [6.45, 7) is 1.98. The quantitative estimate of drug-likeness (QED) is 0.785. The largest absolute Gasteiger partial charge is 0.380 e. The normalized spacial score (nSPS) is 11.9. The molecule has 1 rings (SSSR count). The summed E-state index contributed by atoms with van der Waals surface area (Å²) in [5, 5.41) is 0. The summed E-state index contributed by atoms with van der Waals surface area (Å²) in [7, 11) is 0. The molecule has 2 N–H and O–H groups in total. The van der Waals surface area contributed by atoms with Crippen molar-refractivity contribution in [2.24, 2.45) is 0 Å². The zero-order valence-corrected chi connectivity index (χ0v) is 10.6. The molecule has 86 valence electrons. The average Bonchev–Trinajstić information content (AvgIpc) is 2.42. The van der Waals surface area contributed by atoms with Crippen LogP contribution in [-0.2, 0) is 24.1 Å². The van der Waals surface area contributed by atoms with E-state index < -0.39 is 5.69 Å². The highest BCUT2D eigenvalue weighted by Gasteiger charge is 2.11. The number of nitrogens with zero attached hydrogens (tertiary/aromatic N) is 1. The Bertz CT molecular complexity index is 421. The van der Waals surface area contributed by atoms with Crippen LogP contribution in [0.2, 0.25) is 0 Å². The Morgan fingerprint density at radius 1 is 1.67 bits per heavy atom. The molecule has 1 heterocycles. The van der Waals surface area contributed by atoms with Crippen molar-refractivity contribution in [1.29, 1.82) is 0 Å². The molecule has 8 heteroatoms. The van der Waals surface area contributed by atoms with Gasteiger partial charge in [-0.3, -0.25) is 4.79 Å².